The predicted octanol–water partition coefficient (Wildman–Crippen LogP) is 3.96. The number of benzene rings is 1. The van der Waals surface area contributed by atoms with Crippen LogP contribution in [0.2, 0.25) is 0 Å². The zero-order valence-corrected chi connectivity index (χ0v) is 11.0. The van der Waals surface area contributed by atoms with E-state index in [0.717, 1.165) is 23.0 Å². The van der Waals surface area contributed by atoms with E-state index >= 15 is 0 Å². The van der Waals surface area contributed by atoms with E-state index in [1.54, 1.807) is 6.07 Å². The second-order valence-corrected chi connectivity index (χ2v) is 4.61. The van der Waals surface area contributed by atoms with E-state index in [0.29, 0.717) is 6.04 Å². The van der Waals surface area contributed by atoms with Crippen molar-refractivity contribution in [1.29, 1.82) is 0 Å². The first-order chi connectivity index (χ1) is 7.54. The maximum absolute atomic E-state index is 10.6. The van der Waals surface area contributed by atoms with Crippen LogP contribution in [0.5, 0.6) is 0 Å². The molecule has 0 aliphatic rings. The number of hydrogen-bond donors (Lipinski definition) is 1. The Hall–Kier alpha value is -1.10. The molecule has 1 aromatic rings. The van der Waals surface area contributed by atoms with Crippen LogP contribution in [0, 0.1) is 10.1 Å². The van der Waals surface area contributed by atoms with E-state index in [2.05, 4.69) is 35.1 Å². The van der Waals surface area contributed by atoms with Crippen LogP contribution in [0.25, 0.3) is 0 Å². The second-order valence-electron chi connectivity index (χ2n) is 3.76. The third-order valence-corrected chi connectivity index (χ3v) is 2.94. The lowest BCUT2D eigenvalue weighted by Gasteiger charge is -2.15. The number of nitrogens with one attached hydrogen (secondary N) is 1. The van der Waals surface area contributed by atoms with Crippen molar-refractivity contribution in [3.8, 4) is 0 Å². The van der Waals surface area contributed by atoms with Crippen LogP contribution in [0.3, 0.4) is 0 Å². The van der Waals surface area contributed by atoms with E-state index in [1.165, 1.54) is 12.1 Å². The van der Waals surface area contributed by atoms with Crippen LogP contribution >= 0.6 is 15.9 Å². The molecule has 16 heavy (non-hydrogen) atoms. The largest absolute Gasteiger partial charge is 0.382 e. The Labute approximate surface area is 103 Å². The Kier molecular flexibility index (Phi) is 4.73. The molecule has 0 aromatic heterocycles. The number of nitro groups is 1. The molecule has 5 heteroatoms. The highest BCUT2D eigenvalue weighted by Gasteiger charge is 2.10. The molecule has 0 aliphatic carbocycles. The number of rotatable bonds is 5. The van der Waals surface area contributed by atoms with Gasteiger partial charge in [0.05, 0.1) is 4.92 Å². The van der Waals surface area contributed by atoms with Crippen LogP contribution in [0.4, 0.5) is 11.4 Å². The number of hydrogen-bond acceptors (Lipinski definition) is 3. The Morgan fingerprint density at radius 2 is 2.25 bits per heavy atom. The summed E-state index contributed by atoms with van der Waals surface area (Å²) in [4.78, 5) is 10.2. The van der Waals surface area contributed by atoms with Gasteiger partial charge >= 0.3 is 0 Å². The fourth-order valence-corrected chi connectivity index (χ4v) is 1.99. The molecular weight excluding hydrogens is 272 g/mol. The lowest BCUT2D eigenvalue weighted by atomic mass is 10.2. The van der Waals surface area contributed by atoms with Gasteiger partial charge in [-0.25, -0.2) is 0 Å². The summed E-state index contributed by atoms with van der Waals surface area (Å²) < 4.78 is 0.727. The molecule has 88 valence electrons. The van der Waals surface area contributed by atoms with Gasteiger partial charge in [-0.2, -0.15) is 0 Å². The number of nitrogens with zero attached hydrogens (tertiary/aromatic N) is 1. The predicted molar refractivity (Wildman–Crippen MR) is 68.8 cm³/mol. The normalized spacial score (nSPS) is 12.2. The summed E-state index contributed by atoms with van der Waals surface area (Å²) in [5.41, 5.74) is 0.993. The van der Waals surface area contributed by atoms with Gasteiger partial charge in [0.15, 0.2) is 0 Å². The Balaban J connectivity index is 2.79. The molecule has 1 aromatic carbocycles. The lowest BCUT2D eigenvalue weighted by molar-refractivity contribution is -0.384. The van der Waals surface area contributed by atoms with Gasteiger partial charge in [-0.3, -0.25) is 10.1 Å². The third kappa shape index (κ3) is 3.48. The van der Waals surface area contributed by atoms with Crippen molar-refractivity contribution in [2.45, 2.75) is 32.7 Å². The summed E-state index contributed by atoms with van der Waals surface area (Å²) in [5.74, 6) is 0. The van der Waals surface area contributed by atoms with Gasteiger partial charge in [-0.1, -0.05) is 13.3 Å². The number of nitro benzene ring substituents is 1. The summed E-state index contributed by atoms with van der Waals surface area (Å²) in [6, 6.07) is 5.11. The minimum absolute atomic E-state index is 0.0977. The highest BCUT2D eigenvalue weighted by molar-refractivity contribution is 9.10. The van der Waals surface area contributed by atoms with Gasteiger partial charge in [0, 0.05) is 28.3 Å². The molecule has 0 heterocycles. The Morgan fingerprint density at radius 1 is 1.56 bits per heavy atom. The summed E-state index contributed by atoms with van der Waals surface area (Å²) in [6.45, 7) is 4.22. The zero-order valence-electron chi connectivity index (χ0n) is 9.37. The molecule has 1 N–H and O–H groups in total. The average molecular weight is 287 g/mol. The van der Waals surface area contributed by atoms with Crippen molar-refractivity contribution in [1.82, 2.24) is 0 Å². The standard InChI is InChI=1S/C11H15BrN2O2/c1-3-4-8(2)13-11-6-5-9(14(15)16)7-10(11)12/h5-8,13H,3-4H2,1-2H3. The minimum atomic E-state index is -0.399. The molecule has 1 rings (SSSR count). The maximum Gasteiger partial charge on any atom is 0.270 e. The summed E-state index contributed by atoms with van der Waals surface area (Å²) in [6.07, 6.45) is 2.18. The van der Waals surface area contributed by atoms with E-state index in [1.807, 2.05) is 0 Å². The summed E-state index contributed by atoms with van der Waals surface area (Å²) in [5, 5.41) is 13.9. The summed E-state index contributed by atoms with van der Waals surface area (Å²) >= 11 is 3.33. The maximum atomic E-state index is 10.6. The first-order valence-electron chi connectivity index (χ1n) is 5.25. The molecule has 0 bridgehead atoms. The summed E-state index contributed by atoms with van der Waals surface area (Å²) in [7, 11) is 0. The first kappa shape index (κ1) is 13.0. The van der Waals surface area contributed by atoms with Crippen LogP contribution in [-0.4, -0.2) is 11.0 Å². The van der Waals surface area contributed by atoms with E-state index in [4.69, 9.17) is 0 Å². The fraction of sp³-hybridized carbons (Fsp3) is 0.455. The van der Waals surface area contributed by atoms with Crippen molar-refractivity contribution in [2.24, 2.45) is 0 Å². The highest BCUT2D eigenvalue weighted by Crippen LogP contribution is 2.27. The average Bonchev–Trinajstić information content (AvgIpc) is 2.21. The fourth-order valence-electron chi connectivity index (χ4n) is 1.51. The molecule has 0 spiro atoms. The monoisotopic (exact) mass is 286 g/mol. The second kappa shape index (κ2) is 5.84. The van der Waals surface area contributed by atoms with Gasteiger partial charge in [-0.15, -0.1) is 0 Å². The third-order valence-electron chi connectivity index (χ3n) is 2.29. The molecule has 0 saturated carbocycles. The Morgan fingerprint density at radius 3 is 2.75 bits per heavy atom. The molecule has 0 aliphatic heterocycles. The minimum Gasteiger partial charge on any atom is -0.382 e. The number of non-ortho nitro benzene ring substituents is 1. The lowest BCUT2D eigenvalue weighted by Crippen LogP contribution is -2.14. The smallest absolute Gasteiger partial charge is 0.270 e. The van der Waals surface area contributed by atoms with E-state index in [-0.39, 0.29) is 5.69 Å². The molecular formula is C11H15BrN2O2. The molecule has 0 radical (unpaired) electrons. The van der Waals surface area contributed by atoms with Gasteiger partial charge < -0.3 is 5.32 Å². The molecule has 0 saturated heterocycles. The number of halogens is 1. The van der Waals surface area contributed by atoms with Crippen LogP contribution in [-0.2, 0) is 0 Å². The van der Waals surface area contributed by atoms with Crippen LogP contribution in [0.15, 0.2) is 22.7 Å². The SMILES string of the molecule is CCCC(C)Nc1ccc([N+](=O)[O-])cc1Br. The van der Waals surface area contributed by atoms with Gasteiger partial charge in [0.1, 0.15) is 0 Å². The van der Waals surface area contributed by atoms with E-state index < -0.39 is 4.92 Å². The first-order valence-corrected chi connectivity index (χ1v) is 6.04. The van der Waals surface area contributed by atoms with E-state index in [9.17, 15) is 10.1 Å². The van der Waals surface area contributed by atoms with Crippen LogP contribution < -0.4 is 5.32 Å². The van der Waals surface area contributed by atoms with Crippen molar-refractivity contribution in [3.63, 3.8) is 0 Å². The molecule has 1 atom stereocenters. The van der Waals surface area contributed by atoms with Crippen molar-refractivity contribution < 1.29 is 4.92 Å². The van der Waals surface area contributed by atoms with Crippen molar-refractivity contribution in [2.75, 3.05) is 5.32 Å². The molecule has 0 fully saturated rings. The quantitative estimate of drug-likeness (QED) is 0.658. The van der Waals surface area contributed by atoms with Crippen LogP contribution in [0.1, 0.15) is 26.7 Å². The van der Waals surface area contributed by atoms with Crippen molar-refractivity contribution in [3.05, 3.63) is 32.8 Å². The molecule has 0 amide bonds. The zero-order chi connectivity index (χ0) is 12.1. The number of anilines is 1. The van der Waals surface area contributed by atoms with Gasteiger partial charge in [-0.05, 0) is 35.3 Å². The highest BCUT2D eigenvalue weighted by atomic mass is 79.9. The molecule has 1 unspecified atom stereocenters. The van der Waals surface area contributed by atoms with Gasteiger partial charge in [0.2, 0.25) is 0 Å². The van der Waals surface area contributed by atoms with Gasteiger partial charge in [0.25, 0.3) is 5.69 Å². The molecule has 4 nitrogen and oxygen atoms in total. The topological polar surface area (TPSA) is 55.2 Å². The Bertz CT molecular complexity index is 382. The van der Waals surface area contributed by atoms with Crippen molar-refractivity contribution >= 4 is 27.3 Å².